The van der Waals surface area contributed by atoms with Crippen molar-refractivity contribution in [3.05, 3.63) is 93.3 Å². The van der Waals surface area contributed by atoms with Crippen molar-refractivity contribution in [2.75, 3.05) is 4.90 Å². The van der Waals surface area contributed by atoms with Gasteiger partial charge < -0.3 is 4.74 Å². The van der Waals surface area contributed by atoms with Crippen molar-refractivity contribution in [3.63, 3.8) is 0 Å². The van der Waals surface area contributed by atoms with E-state index in [1.165, 1.54) is 22.9 Å². The number of rotatable bonds is 7. The van der Waals surface area contributed by atoms with E-state index < -0.39 is 0 Å². The number of halogens is 1. The molecule has 180 valence electrons. The summed E-state index contributed by atoms with van der Waals surface area (Å²) in [6.45, 7) is 8.15. The Morgan fingerprint density at radius 2 is 1.60 bits per heavy atom. The number of ether oxygens (including phenoxy) is 1. The average Bonchev–Trinajstić information content (AvgIpc) is 3.15. The van der Waals surface area contributed by atoms with Gasteiger partial charge in [0.15, 0.2) is 5.17 Å². The highest BCUT2D eigenvalue weighted by atomic mass is 35.5. The Morgan fingerprint density at radius 3 is 2.17 bits per heavy atom. The van der Waals surface area contributed by atoms with Gasteiger partial charge in [-0.15, -0.1) is 0 Å². The van der Waals surface area contributed by atoms with Crippen molar-refractivity contribution in [2.24, 2.45) is 4.99 Å². The number of carbonyl (C=O) groups is 1. The number of nitrogens with zero attached hydrogens (tertiary/aromatic N) is 2. The lowest BCUT2D eigenvalue weighted by atomic mass is 10.1. The van der Waals surface area contributed by atoms with Gasteiger partial charge >= 0.3 is 0 Å². The molecule has 4 nitrogen and oxygen atoms in total. The molecule has 0 aromatic heterocycles. The van der Waals surface area contributed by atoms with E-state index in [-0.39, 0.29) is 12.0 Å². The largest absolute Gasteiger partial charge is 0.489 e. The molecule has 1 fully saturated rings. The fraction of sp³-hybridized carbons (Fsp3) is 0.241. The van der Waals surface area contributed by atoms with Crippen LogP contribution < -0.4 is 9.64 Å². The number of hydrogen-bond acceptors (Lipinski definition) is 4. The molecule has 0 radical (unpaired) electrons. The zero-order valence-electron chi connectivity index (χ0n) is 20.4. The first-order valence-corrected chi connectivity index (χ1v) is 13.0. The van der Waals surface area contributed by atoms with Crippen LogP contribution in [-0.4, -0.2) is 17.2 Å². The molecule has 0 spiro atoms. The number of aryl methyl sites for hydroxylation is 2. The summed E-state index contributed by atoms with van der Waals surface area (Å²) < 4.78 is 5.73. The van der Waals surface area contributed by atoms with Gasteiger partial charge in [0.05, 0.1) is 27.4 Å². The molecule has 0 unspecified atom stereocenters. The van der Waals surface area contributed by atoms with E-state index in [4.69, 9.17) is 21.3 Å². The van der Waals surface area contributed by atoms with Crippen LogP contribution in [0.5, 0.6) is 5.75 Å². The zero-order valence-corrected chi connectivity index (χ0v) is 22.0. The summed E-state index contributed by atoms with van der Waals surface area (Å²) in [6.07, 6.45) is 3.79. The molecule has 1 aliphatic heterocycles. The Morgan fingerprint density at radius 1 is 0.971 bits per heavy atom. The molecule has 3 aromatic carbocycles. The quantitative estimate of drug-likeness (QED) is 0.305. The van der Waals surface area contributed by atoms with Crippen LogP contribution in [0.15, 0.2) is 76.6 Å². The Balaban J connectivity index is 1.71. The van der Waals surface area contributed by atoms with Crippen LogP contribution in [0.1, 0.15) is 44.4 Å². The highest BCUT2D eigenvalue weighted by Gasteiger charge is 2.34. The van der Waals surface area contributed by atoms with Crippen molar-refractivity contribution in [1.29, 1.82) is 0 Å². The minimum Gasteiger partial charge on any atom is -0.489 e. The standard InChI is InChI=1S/C29H29ClN2O2S/c1-5-20-7-12-23(13-8-20)31-29-32(24-14-9-21(6-2)10-15-24)28(33)27(35-29)18-22-11-16-26(25(30)17-22)34-19(3)4/h7-19H,5-6H2,1-4H3/b27-18-,31-29?. The van der Waals surface area contributed by atoms with Crippen LogP contribution >= 0.6 is 23.4 Å². The Bertz CT molecular complexity index is 1260. The second-order valence-corrected chi connectivity index (χ2v) is 9.96. The second-order valence-electron chi connectivity index (χ2n) is 8.54. The molecule has 0 atom stereocenters. The monoisotopic (exact) mass is 504 g/mol. The molecule has 35 heavy (non-hydrogen) atoms. The molecule has 0 bridgehead atoms. The van der Waals surface area contributed by atoms with Gasteiger partial charge in [0, 0.05) is 0 Å². The first kappa shape index (κ1) is 25.1. The molecule has 1 amide bonds. The van der Waals surface area contributed by atoms with Crippen molar-refractivity contribution in [2.45, 2.75) is 46.6 Å². The van der Waals surface area contributed by atoms with Gasteiger partial charge in [-0.3, -0.25) is 9.69 Å². The SMILES string of the molecule is CCc1ccc(N=C2S/C(=C\c3ccc(OC(C)C)c(Cl)c3)C(=O)N2c2ccc(CC)cc2)cc1. The Hall–Kier alpha value is -3.02. The third kappa shape index (κ3) is 5.98. The number of hydrogen-bond donors (Lipinski definition) is 0. The van der Waals surface area contributed by atoms with Gasteiger partial charge in [0.1, 0.15) is 5.75 Å². The first-order valence-electron chi connectivity index (χ1n) is 11.8. The number of benzene rings is 3. The van der Waals surface area contributed by atoms with Crippen molar-refractivity contribution < 1.29 is 9.53 Å². The lowest BCUT2D eigenvalue weighted by Crippen LogP contribution is -2.28. The Kier molecular flexibility index (Phi) is 7.99. The summed E-state index contributed by atoms with van der Waals surface area (Å²) in [5.41, 5.74) is 4.91. The molecule has 0 saturated carbocycles. The van der Waals surface area contributed by atoms with Crippen LogP contribution in [0.4, 0.5) is 11.4 Å². The van der Waals surface area contributed by atoms with Gasteiger partial charge in [-0.2, -0.15) is 0 Å². The number of amides is 1. The first-order chi connectivity index (χ1) is 16.9. The van der Waals surface area contributed by atoms with Gasteiger partial charge in [0.25, 0.3) is 5.91 Å². The maximum Gasteiger partial charge on any atom is 0.271 e. The van der Waals surface area contributed by atoms with Gasteiger partial charge in [-0.1, -0.05) is 55.8 Å². The van der Waals surface area contributed by atoms with E-state index in [1.807, 2.05) is 62.4 Å². The lowest BCUT2D eigenvalue weighted by molar-refractivity contribution is -0.113. The topological polar surface area (TPSA) is 41.9 Å². The minimum absolute atomic E-state index is 0.0292. The highest BCUT2D eigenvalue weighted by Crippen LogP contribution is 2.38. The minimum atomic E-state index is -0.109. The third-order valence-electron chi connectivity index (χ3n) is 5.59. The summed E-state index contributed by atoms with van der Waals surface area (Å²) in [5, 5.41) is 1.14. The zero-order chi connectivity index (χ0) is 24.9. The third-order valence-corrected chi connectivity index (χ3v) is 6.86. The average molecular weight is 505 g/mol. The van der Waals surface area contributed by atoms with E-state index in [9.17, 15) is 4.79 Å². The normalized spacial score (nSPS) is 16.1. The van der Waals surface area contributed by atoms with Crippen molar-refractivity contribution in [3.8, 4) is 5.75 Å². The molecule has 0 N–H and O–H groups in total. The number of amidine groups is 1. The van der Waals surface area contributed by atoms with Gasteiger partial charge in [-0.25, -0.2) is 4.99 Å². The van der Waals surface area contributed by atoms with Crippen LogP contribution in [0, 0.1) is 0 Å². The van der Waals surface area contributed by atoms with Gasteiger partial charge in [-0.05, 0) is 97.6 Å². The number of carbonyl (C=O) groups excluding carboxylic acids is 1. The number of aliphatic imine (C=N–C) groups is 1. The van der Waals surface area contributed by atoms with E-state index in [2.05, 4.69) is 38.1 Å². The molecule has 1 saturated heterocycles. The Labute approximate surface area is 216 Å². The predicted molar refractivity (Wildman–Crippen MR) is 149 cm³/mol. The fourth-order valence-corrected chi connectivity index (χ4v) is 4.92. The lowest BCUT2D eigenvalue weighted by Gasteiger charge is -2.16. The maximum atomic E-state index is 13.6. The maximum absolute atomic E-state index is 13.6. The predicted octanol–water partition coefficient (Wildman–Crippen LogP) is 8.06. The molecule has 1 heterocycles. The van der Waals surface area contributed by atoms with Crippen LogP contribution in [-0.2, 0) is 17.6 Å². The number of anilines is 1. The van der Waals surface area contributed by atoms with Crippen molar-refractivity contribution in [1.82, 2.24) is 0 Å². The molecule has 0 aliphatic carbocycles. The van der Waals surface area contributed by atoms with E-state index in [0.29, 0.717) is 20.8 Å². The molecular weight excluding hydrogens is 476 g/mol. The van der Waals surface area contributed by atoms with Crippen LogP contribution in [0.2, 0.25) is 5.02 Å². The molecule has 3 aromatic rings. The fourth-order valence-electron chi connectivity index (χ4n) is 3.68. The number of thioether (sulfide) groups is 1. The van der Waals surface area contributed by atoms with Gasteiger partial charge in [0.2, 0.25) is 0 Å². The molecule has 4 rings (SSSR count). The summed E-state index contributed by atoms with van der Waals surface area (Å²) in [7, 11) is 0. The van der Waals surface area contributed by atoms with E-state index in [0.717, 1.165) is 29.8 Å². The van der Waals surface area contributed by atoms with Crippen LogP contribution in [0.3, 0.4) is 0 Å². The summed E-state index contributed by atoms with van der Waals surface area (Å²) in [5.74, 6) is 0.520. The molecular formula is C29H29ClN2O2S. The highest BCUT2D eigenvalue weighted by molar-refractivity contribution is 8.19. The summed E-state index contributed by atoms with van der Waals surface area (Å²) in [4.78, 5) is 20.7. The van der Waals surface area contributed by atoms with E-state index in [1.54, 1.807) is 4.90 Å². The smallest absolute Gasteiger partial charge is 0.271 e. The summed E-state index contributed by atoms with van der Waals surface area (Å²) >= 11 is 7.79. The second kappa shape index (κ2) is 11.1. The molecule has 1 aliphatic rings. The summed E-state index contributed by atoms with van der Waals surface area (Å²) in [6, 6.07) is 21.7. The van der Waals surface area contributed by atoms with E-state index >= 15 is 0 Å². The van der Waals surface area contributed by atoms with Crippen LogP contribution in [0.25, 0.3) is 6.08 Å². The van der Waals surface area contributed by atoms with Crippen molar-refractivity contribution >= 4 is 51.9 Å². The molecule has 6 heteroatoms.